The van der Waals surface area contributed by atoms with Crippen molar-refractivity contribution in [1.29, 1.82) is 0 Å². The lowest BCUT2D eigenvalue weighted by molar-refractivity contribution is 0.0697. The molecule has 106 valence electrons. The van der Waals surface area contributed by atoms with Crippen LogP contribution in [0.4, 0.5) is 0 Å². The number of hydrogen-bond donors (Lipinski definition) is 2. The van der Waals surface area contributed by atoms with Crippen LogP contribution >= 0.6 is 0 Å². The molecule has 1 heterocycles. The van der Waals surface area contributed by atoms with E-state index in [-0.39, 0.29) is 12.2 Å². The molecule has 0 aliphatic rings. The molecular formula is C16H14N2O3. The highest BCUT2D eigenvalue weighted by atomic mass is 16.4. The smallest absolute Gasteiger partial charge is 0.335 e. The third kappa shape index (κ3) is 2.51. The summed E-state index contributed by atoms with van der Waals surface area (Å²) in [5, 5.41) is 18.5. The first-order valence-electron chi connectivity index (χ1n) is 6.56. The van der Waals surface area contributed by atoms with E-state index < -0.39 is 5.97 Å². The summed E-state index contributed by atoms with van der Waals surface area (Å²) in [4.78, 5) is 15.3. The number of fused-ring (bicyclic) bond motifs is 1. The second kappa shape index (κ2) is 5.38. The zero-order valence-corrected chi connectivity index (χ0v) is 11.2. The van der Waals surface area contributed by atoms with E-state index >= 15 is 0 Å². The number of imidazole rings is 1. The number of aromatic nitrogens is 2. The first kappa shape index (κ1) is 13.3. The molecular weight excluding hydrogens is 268 g/mol. The molecule has 0 atom stereocenters. The van der Waals surface area contributed by atoms with Crippen molar-refractivity contribution in [3.63, 3.8) is 0 Å². The predicted octanol–water partition coefficient (Wildman–Crippen LogP) is 2.28. The van der Waals surface area contributed by atoms with E-state index in [1.807, 2.05) is 34.9 Å². The SMILES string of the molecule is O=C(O)c1ccc2c(c1)nc(CO)n2Cc1ccccc1. The second-order valence-corrected chi connectivity index (χ2v) is 4.77. The number of rotatable bonds is 4. The van der Waals surface area contributed by atoms with Gasteiger partial charge in [-0.2, -0.15) is 0 Å². The summed E-state index contributed by atoms with van der Waals surface area (Å²) < 4.78 is 1.90. The van der Waals surface area contributed by atoms with Crippen LogP contribution in [-0.2, 0) is 13.2 Å². The van der Waals surface area contributed by atoms with E-state index in [1.165, 1.54) is 6.07 Å². The minimum absolute atomic E-state index is 0.191. The van der Waals surface area contributed by atoms with Crippen LogP contribution in [0.25, 0.3) is 11.0 Å². The summed E-state index contributed by atoms with van der Waals surface area (Å²) in [6.45, 7) is 0.392. The van der Waals surface area contributed by atoms with Crippen LogP contribution in [0, 0.1) is 0 Å². The standard InChI is InChI=1S/C16H14N2O3/c19-10-15-17-13-8-12(16(20)21)6-7-14(13)18(15)9-11-4-2-1-3-5-11/h1-8,19H,9-10H2,(H,20,21). The number of carboxylic acid groups (broad SMARTS) is 1. The molecule has 0 fully saturated rings. The van der Waals surface area contributed by atoms with Gasteiger partial charge in [-0.15, -0.1) is 0 Å². The van der Waals surface area contributed by atoms with Crippen LogP contribution < -0.4 is 0 Å². The molecule has 21 heavy (non-hydrogen) atoms. The number of aromatic carboxylic acids is 1. The molecule has 0 amide bonds. The maximum atomic E-state index is 11.0. The van der Waals surface area contributed by atoms with Gasteiger partial charge < -0.3 is 14.8 Å². The molecule has 0 saturated heterocycles. The number of carbonyl (C=O) groups is 1. The minimum atomic E-state index is -0.986. The van der Waals surface area contributed by atoms with Gasteiger partial charge in [0.05, 0.1) is 16.6 Å². The molecule has 0 bridgehead atoms. The molecule has 1 aromatic heterocycles. The molecule has 0 aliphatic carbocycles. The number of hydrogen-bond acceptors (Lipinski definition) is 3. The Bertz CT molecular complexity index is 794. The monoisotopic (exact) mass is 282 g/mol. The van der Waals surface area contributed by atoms with E-state index in [1.54, 1.807) is 12.1 Å². The van der Waals surface area contributed by atoms with Crippen molar-refractivity contribution in [2.75, 3.05) is 0 Å². The average molecular weight is 282 g/mol. The molecule has 0 spiro atoms. The largest absolute Gasteiger partial charge is 0.478 e. The first-order valence-corrected chi connectivity index (χ1v) is 6.56. The molecule has 5 nitrogen and oxygen atoms in total. The summed E-state index contributed by atoms with van der Waals surface area (Å²) in [7, 11) is 0. The Hall–Kier alpha value is -2.66. The summed E-state index contributed by atoms with van der Waals surface area (Å²) in [6, 6.07) is 14.7. The van der Waals surface area contributed by atoms with Crippen LogP contribution in [0.15, 0.2) is 48.5 Å². The molecule has 2 aromatic carbocycles. The van der Waals surface area contributed by atoms with E-state index in [0.717, 1.165) is 11.1 Å². The maximum Gasteiger partial charge on any atom is 0.335 e. The number of nitrogens with zero attached hydrogens (tertiary/aromatic N) is 2. The van der Waals surface area contributed by atoms with Gasteiger partial charge in [0.15, 0.2) is 0 Å². The molecule has 0 unspecified atom stereocenters. The average Bonchev–Trinajstić information content (AvgIpc) is 2.85. The third-order valence-corrected chi connectivity index (χ3v) is 3.40. The fourth-order valence-electron chi connectivity index (χ4n) is 2.38. The van der Waals surface area contributed by atoms with E-state index in [9.17, 15) is 9.90 Å². The van der Waals surface area contributed by atoms with Crippen molar-refractivity contribution in [2.24, 2.45) is 0 Å². The normalized spacial score (nSPS) is 10.9. The fraction of sp³-hybridized carbons (Fsp3) is 0.125. The predicted molar refractivity (Wildman–Crippen MR) is 78.2 cm³/mol. The van der Waals surface area contributed by atoms with Crippen molar-refractivity contribution in [1.82, 2.24) is 9.55 Å². The zero-order valence-electron chi connectivity index (χ0n) is 11.2. The highest BCUT2D eigenvalue weighted by Crippen LogP contribution is 2.20. The molecule has 0 radical (unpaired) electrons. The van der Waals surface area contributed by atoms with Crippen molar-refractivity contribution < 1.29 is 15.0 Å². The quantitative estimate of drug-likeness (QED) is 0.769. The van der Waals surface area contributed by atoms with Crippen LogP contribution in [0.2, 0.25) is 0 Å². The van der Waals surface area contributed by atoms with Gasteiger partial charge in [0, 0.05) is 6.54 Å². The van der Waals surface area contributed by atoms with Gasteiger partial charge in [-0.05, 0) is 23.8 Å². The van der Waals surface area contributed by atoms with Crippen LogP contribution in [0.1, 0.15) is 21.7 Å². The molecule has 3 aromatic rings. The lowest BCUT2D eigenvalue weighted by atomic mass is 10.2. The third-order valence-electron chi connectivity index (χ3n) is 3.40. The summed E-state index contributed by atoms with van der Waals surface area (Å²) in [5.41, 5.74) is 2.67. The summed E-state index contributed by atoms with van der Waals surface area (Å²) >= 11 is 0. The van der Waals surface area contributed by atoms with Gasteiger partial charge in [0.1, 0.15) is 12.4 Å². The molecule has 2 N–H and O–H groups in total. The lowest BCUT2D eigenvalue weighted by Gasteiger charge is -2.08. The summed E-state index contributed by atoms with van der Waals surface area (Å²) in [6.07, 6.45) is 0. The highest BCUT2D eigenvalue weighted by Gasteiger charge is 2.12. The van der Waals surface area contributed by atoms with E-state index in [0.29, 0.717) is 17.9 Å². The van der Waals surface area contributed by atoms with Gasteiger partial charge >= 0.3 is 5.97 Å². The molecule has 0 saturated carbocycles. The second-order valence-electron chi connectivity index (χ2n) is 4.77. The fourth-order valence-corrected chi connectivity index (χ4v) is 2.38. The van der Waals surface area contributed by atoms with Gasteiger partial charge in [-0.3, -0.25) is 0 Å². The molecule has 0 aliphatic heterocycles. The highest BCUT2D eigenvalue weighted by molar-refractivity contribution is 5.92. The summed E-state index contributed by atoms with van der Waals surface area (Å²) in [5.74, 6) is -0.462. The Morgan fingerprint density at radius 1 is 1.14 bits per heavy atom. The Kier molecular flexibility index (Phi) is 3.41. The number of carboxylic acids is 1. The molecule has 3 rings (SSSR count). The molecule has 5 heteroatoms. The van der Waals surface area contributed by atoms with Crippen LogP contribution in [0.5, 0.6) is 0 Å². The first-order chi connectivity index (χ1) is 10.2. The van der Waals surface area contributed by atoms with E-state index in [2.05, 4.69) is 4.98 Å². The Labute approximate surface area is 121 Å². The van der Waals surface area contributed by atoms with Gasteiger partial charge in [-0.1, -0.05) is 30.3 Å². The zero-order chi connectivity index (χ0) is 14.8. The lowest BCUT2D eigenvalue weighted by Crippen LogP contribution is -2.05. The Morgan fingerprint density at radius 2 is 1.90 bits per heavy atom. The van der Waals surface area contributed by atoms with Gasteiger partial charge in [-0.25, -0.2) is 9.78 Å². The van der Waals surface area contributed by atoms with Crippen molar-refractivity contribution in [3.8, 4) is 0 Å². The van der Waals surface area contributed by atoms with Crippen molar-refractivity contribution in [3.05, 3.63) is 65.5 Å². The number of aliphatic hydroxyl groups excluding tert-OH is 1. The van der Waals surface area contributed by atoms with Crippen LogP contribution in [0.3, 0.4) is 0 Å². The Morgan fingerprint density at radius 3 is 2.57 bits per heavy atom. The van der Waals surface area contributed by atoms with E-state index in [4.69, 9.17) is 5.11 Å². The number of aliphatic hydroxyl groups is 1. The van der Waals surface area contributed by atoms with Gasteiger partial charge in [0.2, 0.25) is 0 Å². The number of benzene rings is 2. The van der Waals surface area contributed by atoms with Crippen LogP contribution in [-0.4, -0.2) is 25.7 Å². The topological polar surface area (TPSA) is 75.3 Å². The Balaban J connectivity index is 2.10. The minimum Gasteiger partial charge on any atom is -0.478 e. The van der Waals surface area contributed by atoms with Crippen molar-refractivity contribution >= 4 is 17.0 Å². The van der Waals surface area contributed by atoms with Crippen molar-refractivity contribution in [2.45, 2.75) is 13.2 Å². The van der Waals surface area contributed by atoms with Gasteiger partial charge in [0.25, 0.3) is 0 Å². The maximum absolute atomic E-state index is 11.0.